The molecule has 2 atom stereocenters. The van der Waals surface area contributed by atoms with Gasteiger partial charge in [0.25, 0.3) is 0 Å². The lowest BCUT2D eigenvalue weighted by Crippen LogP contribution is -2.40. The molecule has 2 N–H and O–H groups in total. The minimum absolute atomic E-state index is 0.0189. The van der Waals surface area contributed by atoms with Crippen LogP contribution in [0.2, 0.25) is 0 Å². The van der Waals surface area contributed by atoms with Crippen molar-refractivity contribution in [2.75, 3.05) is 6.54 Å². The predicted molar refractivity (Wildman–Crippen MR) is 71.7 cm³/mol. The van der Waals surface area contributed by atoms with Gasteiger partial charge in [0, 0.05) is 12.6 Å². The largest absolute Gasteiger partial charge is 0.391 e. The Labute approximate surface area is 102 Å². The molecule has 0 rings (SSSR count). The van der Waals surface area contributed by atoms with Crippen LogP contribution in [0.4, 0.5) is 0 Å². The van der Waals surface area contributed by atoms with Crippen molar-refractivity contribution in [3.8, 4) is 0 Å². The number of hydrogen-bond donors (Lipinski definition) is 2. The summed E-state index contributed by atoms with van der Waals surface area (Å²) in [5.74, 6) is 0. The number of hydrogen-bond acceptors (Lipinski definition) is 2. The smallest absolute Gasteiger partial charge is 0.0712 e. The maximum absolute atomic E-state index is 9.88. The molecule has 2 heteroatoms. The molecule has 0 saturated carbocycles. The van der Waals surface area contributed by atoms with Crippen molar-refractivity contribution in [2.24, 2.45) is 5.41 Å². The zero-order chi connectivity index (χ0) is 12.6. The fourth-order valence-corrected chi connectivity index (χ4v) is 1.60. The van der Waals surface area contributed by atoms with Gasteiger partial charge in [0.15, 0.2) is 0 Å². The summed E-state index contributed by atoms with van der Waals surface area (Å²) in [7, 11) is 0. The van der Waals surface area contributed by atoms with Gasteiger partial charge in [0.1, 0.15) is 0 Å². The summed E-state index contributed by atoms with van der Waals surface area (Å²) in [4.78, 5) is 0. The molecule has 0 aliphatic carbocycles. The van der Waals surface area contributed by atoms with Crippen LogP contribution in [0.1, 0.15) is 66.7 Å². The van der Waals surface area contributed by atoms with Gasteiger partial charge in [-0.2, -0.15) is 0 Å². The Morgan fingerprint density at radius 1 is 1.12 bits per heavy atom. The number of unbranched alkanes of at least 4 members (excludes halogenated alkanes) is 3. The molecule has 0 aliphatic heterocycles. The molecule has 0 aliphatic rings. The second kappa shape index (κ2) is 8.08. The van der Waals surface area contributed by atoms with E-state index in [1.807, 2.05) is 0 Å². The molecular weight excluding hydrogens is 198 g/mol. The molecular formula is C14H31NO. The molecule has 0 radical (unpaired) electrons. The first-order valence-electron chi connectivity index (χ1n) is 6.79. The van der Waals surface area contributed by atoms with Crippen LogP contribution < -0.4 is 5.32 Å². The van der Waals surface area contributed by atoms with Gasteiger partial charge in [-0.1, -0.05) is 53.4 Å². The van der Waals surface area contributed by atoms with Crippen molar-refractivity contribution in [2.45, 2.75) is 78.9 Å². The van der Waals surface area contributed by atoms with Gasteiger partial charge in [-0.15, -0.1) is 0 Å². The van der Waals surface area contributed by atoms with Crippen LogP contribution in [-0.2, 0) is 0 Å². The Morgan fingerprint density at radius 2 is 1.75 bits per heavy atom. The van der Waals surface area contributed by atoms with E-state index in [-0.39, 0.29) is 11.5 Å². The molecule has 0 bridgehead atoms. The van der Waals surface area contributed by atoms with Crippen molar-refractivity contribution >= 4 is 0 Å². The van der Waals surface area contributed by atoms with Crippen molar-refractivity contribution in [1.29, 1.82) is 0 Å². The Hall–Kier alpha value is -0.0800. The molecule has 0 aromatic carbocycles. The summed E-state index contributed by atoms with van der Waals surface area (Å²) in [5, 5.41) is 13.3. The third kappa shape index (κ3) is 8.12. The van der Waals surface area contributed by atoms with E-state index in [0.717, 1.165) is 0 Å². The zero-order valence-electron chi connectivity index (χ0n) is 11.8. The number of rotatable bonds is 8. The van der Waals surface area contributed by atoms with Crippen LogP contribution in [0.25, 0.3) is 0 Å². The van der Waals surface area contributed by atoms with Crippen LogP contribution in [-0.4, -0.2) is 23.8 Å². The first-order valence-corrected chi connectivity index (χ1v) is 6.79. The number of nitrogens with one attached hydrogen (secondary N) is 1. The molecule has 0 saturated heterocycles. The molecule has 98 valence electrons. The molecule has 16 heavy (non-hydrogen) atoms. The van der Waals surface area contributed by atoms with Crippen molar-refractivity contribution in [3.05, 3.63) is 0 Å². The van der Waals surface area contributed by atoms with E-state index in [1.54, 1.807) is 0 Å². The summed E-state index contributed by atoms with van der Waals surface area (Å²) in [6.07, 6.45) is 6.24. The Kier molecular flexibility index (Phi) is 8.04. The van der Waals surface area contributed by atoms with Gasteiger partial charge in [0.2, 0.25) is 0 Å². The summed E-state index contributed by atoms with van der Waals surface area (Å²) in [6, 6.07) is 0.522. The summed E-state index contributed by atoms with van der Waals surface area (Å²) in [6.45, 7) is 11.4. The van der Waals surface area contributed by atoms with E-state index in [2.05, 4.69) is 39.9 Å². The predicted octanol–water partition coefficient (Wildman–Crippen LogP) is 3.34. The van der Waals surface area contributed by atoms with E-state index in [0.29, 0.717) is 12.6 Å². The van der Waals surface area contributed by atoms with Crippen molar-refractivity contribution in [3.63, 3.8) is 0 Å². The van der Waals surface area contributed by atoms with Crippen LogP contribution in [0.5, 0.6) is 0 Å². The van der Waals surface area contributed by atoms with Gasteiger partial charge >= 0.3 is 0 Å². The van der Waals surface area contributed by atoms with Crippen LogP contribution in [0.15, 0.2) is 0 Å². The highest BCUT2D eigenvalue weighted by Crippen LogP contribution is 2.18. The molecule has 0 heterocycles. The topological polar surface area (TPSA) is 32.3 Å². The van der Waals surface area contributed by atoms with Gasteiger partial charge in [-0.05, 0) is 18.8 Å². The molecule has 0 aromatic rings. The van der Waals surface area contributed by atoms with E-state index >= 15 is 0 Å². The van der Waals surface area contributed by atoms with Gasteiger partial charge in [-0.25, -0.2) is 0 Å². The molecule has 2 unspecified atom stereocenters. The standard InChI is InChI=1S/C14H31NO/c1-6-7-8-9-10-12(2)15-11-13(16)14(3,4)5/h12-13,15-16H,6-11H2,1-5H3. The fourth-order valence-electron chi connectivity index (χ4n) is 1.60. The normalized spacial score (nSPS) is 16.1. The third-order valence-corrected chi connectivity index (χ3v) is 3.15. The van der Waals surface area contributed by atoms with E-state index in [1.165, 1.54) is 32.1 Å². The molecule has 2 nitrogen and oxygen atoms in total. The zero-order valence-corrected chi connectivity index (χ0v) is 11.8. The second-order valence-corrected chi connectivity index (χ2v) is 6.04. The number of aliphatic hydroxyl groups is 1. The lowest BCUT2D eigenvalue weighted by atomic mass is 9.89. The average molecular weight is 229 g/mol. The lowest BCUT2D eigenvalue weighted by molar-refractivity contribution is 0.0606. The second-order valence-electron chi connectivity index (χ2n) is 6.04. The van der Waals surface area contributed by atoms with Gasteiger partial charge < -0.3 is 10.4 Å². The fraction of sp³-hybridized carbons (Fsp3) is 1.00. The molecule has 0 fully saturated rings. The minimum Gasteiger partial charge on any atom is -0.391 e. The summed E-state index contributed by atoms with van der Waals surface area (Å²) < 4.78 is 0. The molecule has 0 amide bonds. The van der Waals surface area contributed by atoms with Gasteiger partial charge in [0.05, 0.1) is 6.10 Å². The first-order chi connectivity index (χ1) is 7.38. The molecule has 0 spiro atoms. The van der Waals surface area contributed by atoms with Crippen molar-refractivity contribution < 1.29 is 5.11 Å². The maximum Gasteiger partial charge on any atom is 0.0712 e. The molecule has 0 aromatic heterocycles. The van der Waals surface area contributed by atoms with Crippen LogP contribution in [0, 0.1) is 5.41 Å². The minimum atomic E-state index is -0.259. The Morgan fingerprint density at radius 3 is 2.25 bits per heavy atom. The Balaban J connectivity index is 3.53. The first kappa shape index (κ1) is 15.9. The van der Waals surface area contributed by atoms with Crippen molar-refractivity contribution in [1.82, 2.24) is 5.32 Å². The quantitative estimate of drug-likeness (QED) is 0.626. The monoisotopic (exact) mass is 229 g/mol. The number of aliphatic hydroxyl groups excluding tert-OH is 1. The van der Waals surface area contributed by atoms with E-state index in [9.17, 15) is 5.11 Å². The highest BCUT2D eigenvalue weighted by molar-refractivity contribution is 4.76. The highest BCUT2D eigenvalue weighted by atomic mass is 16.3. The van der Waals surface area contributed by atoms with Gasteiger partial charge in [-0.3, -0.25) is 0 Å². The summed E-state index contributed by atoms with van der Waals surface area (Å²) in [5.41, 5.74) is -0.0189. The Bertz CT molecular complexity index is 163. The highest BCUT2D eigenvalue weighted by Gasteiger charge is 2.21. The third-order valence-electron chi connectivity index (χ3n) is 3.15. The van der Waals surface area contributed by atoms with E-state index < -0.39 is 0 Å². The lowest BCUT2D eigenvalue weighted by Gasteiger charge is -2.27. The summed E-state index contributed by atoms with van der Waals surface area (Å²) >= 11 is 0. The average Bonchev–Trinajstić information content (AvgIpc) is 2.19. The van der Waals surface area contributed by atoms with Crippen LogP contribution in [0.3, 0.4) is 0 Å². The SMILES string of the molecule is CCCCCCC(C)NCC(O)C(C)(C)C. The maximum atomic E-state index is 9.88. The van der Waals surface area contributed by atoms with E-state index in [4.69, 9.17) is 0 Å². The van der Waals surface area contributed by atoms with Crippen LogP contribution >= 0.6 is 0 Å².